The zero-order valence-corrected chi connectivity index (χ0v) is 23.5. The minimum atomic E-state index is -3.52. The maximum absolute atomic E-state index is 13.5. The van der Waals surface area contributed by atoms with E-state index in [1.54, 1.807) is 11.0 Å². The van der Waals surface area contributed by atoms with Gasteiger partial charge in [0.25, 0.3) is 0 Å². The topological polar surface area (TPSA) is 86.8 Å². The summed E-state index contributed by atoms with van der Waals surface area (Å²) in [6, 6.07) is 14.6. The second kappa shape index (κ2) is 12.4. The zero-order chi connectivity index (χ0) is 27.1. The summed E-state index contributed by atoms with van der Waals surface area (Å²) in [5, 5.41) is 3.00. The molecule has 198 valence electrons. The van der Waals surface area contributed by atoms with E-state index >= 15 is 0 Å². The van der Waals surface area contributed by atoms with E-state index in [-0.39, 0.29) is 24.8 Å². The molecule has 2 rings (SSSR count). The Morgan fingerprint density at radius 3 is 2.14 bits per heavy atom. The van der Waals surface area contributed by atoms with E-state index in [0.29, 0.717) is 25.1 Å². The van der Waals surface area contributed by atoms with Crippen LogP contribution in [0.25, 0.3) is 0 Å². The average molecular weight is 516 g/mol. The number of carbonyl (C=O) groups excluding carboxylic acids is 2. The fourth-order valence-electron chi connectivity index (χ4n) is 4.17. The lowest BCUT2D eigenvalue weighted by atomic mass is 10.0. The molecule has 2 amide bonds. The molecule has 0 radical (unpaired) electrons. The number of benzene rings is 2. The van der Waals surface area contributed by atoms with Crippen LogP contribution in [0.5, 0.6) is 0 Å². The van der Waals surface area contributed by atoms with Gasteiger partial charge in [-0.2, -0.15) is 0 Å². The Kier molecular flexibility index (Phi) is 10.1. The Bertz CT molecular complexity index is 1160. The summed E-state index contributed by atoms with van der Waals surface area (Å²) in [7, 11) is -3.52. The van der Waals surface area contributed by atoms with Crippen LogP contribution in [0, 0.1) is 13.8 Å². The molecule has 0 aromatic heterocycles. The van der Waals surface area contributed by atoms with Crippen LogP contribution in [0.4, 0.5) is 5.69 Å². The van der Waals surface area contributed by atoms with E-state index in [9.17, 15) is 18.0 Å². The van der Waals surface area contributed by atoms with Gasteiger partial charge >= 0.3 is 0 Å². The number of hydrogen-bond acceptors (Lipinski definition) is 4. The highest BCUT2D eigenvalue weighted by Gasteiger charge is 2.30. The van der Waals surface area contributed by atoms with Crippen molar-refractivity contribution in [1.82, 2.24) is 10.2 Å². The van der Waals surface area contributed by atoms with Crippen LogP contribution in [-0.4, -0.2) is 49.5 Å². The van der Waals surface area contributed by atoms with Crippen LogP contribution in [-0.2, 0) is 26.2 Å². The van der Waals surface area contributed by atoms with Crippen molar-refractivity contribution in [2.24, 2.45) is 0 Å². The van der Waals surface area contributed by atoms with E-state index < -0.39 is 21.6 Å². The Morgan fingerprint density at radius 2 is 1.61 bits per heavy atom. The van der Waals surface area contributed by atoms with E-state index in [1.165, 1.54) is 10.6 Å². The van der Waals surface area contributed by atoms with Gasteiger partial charge in [-0.05, 0) is 70.7 Å². The molecule has 0 saturated carbocycles. The summed E-state index contributed by atoms with van der Waals surface area (Å²) in [6.07, 6.45) is 2.10. The molecule has 0 fully saturated rings. The number of carbonyl (C=O) groups is 2. The lowest BCUT2D eigenvalue weighted by Crippen LogP contribution is -2.53. The number of aryl methyl sites for hydroxylation is 2. The highest BCUT2D eigenvalue weighted by molar-refractivity contribution is 7.92. The van der Waals surface area contributed by atoms with Gasteiger partial charge in [-0.25, -0.2) is 8.42 Å². The molecule has 8 heteroatoms. The predicted molar refractivity (Wildman–Crippen MR) is 146 cm³/mol. The largest absolute Gasteiger partial charge is 0.350 e. The number of hydrogen-bond donors (Lipinski definition) is 1. The third-order valence-corrected chi connectivity index (χ3v) is 6.96. The minimum absolute atomic E-state index is 0.128. The first-order valence-electron chi connectivity index (χ1n) is 12.4. The zero-order valence-electron chi connectivity index (χ0n) is 22.7. The lowest BCUT2D eigenvalue weighted by molar-refractivity contribution is -0.142. The van der Waals surface area contributed by atoms with Gasteiger partial charge in [-0.3, -0.25) is 13.9 Å². The molecule has 1 N–H and O–H groups in total. The van der Waals surface area contributed by atoms with E-state index in [0.717, 1.165) is 16.7 Å². The Hall–Kier alpha value is -2.87. The number of nitrogens with zero attached hydrogens (tertiary/aromatic N) is 2. The average Bonchev–Trinajstić information content (AvgIpc) is 2.74. The molecule has 36 heavy (non-hydrogen) atoms. The first kappa shape index (κ1) is 29.4. The monoisotopic (exact) mass is 515 g/mol. The highest BCUT2D eigenvalue weighted by Crippen LogP contribution is 2.21. The van der Waals surface area contributed by atoms with Gasteiger partial charge < -0.3 is 10.2 Å². The molecule has 0 aliphatic carbocycles. The van der Waals surface area contributed by atoms with Gasteiger partial charge in [0.1, 0.15) is 6.04 Å². The predicted octanol–water partition coefficient (Wildman–Crippen LogP) is 4.57. The molecule has 0 spiro atoms. The summed E-state index contributed by atoms with van der Waals surface area (Å²) in [5.41, 5.74) is 3.14. The number of sulfonamides is 1. The molecule has 0 aliphatic heterocycles. The highest BCUT2D eigenvalue weighted by atomic mass is 32.2. The number of rotatable bonds is 11. The van der Waals surface area contributed by atoms with Gasteiger partial charge in [0.15, 0.2) is 0 Å². The van der Waals surface area contributed by atoms with Crippen molar-refractivity contribution in [2.75, 3.05) is 17.1 Å². The fraction of sp³-hybridized carbons (Fsp3) is 0.500. The SMILES string of the molecule is CCC(C(=O)NC(C)(C)C)N(Cc1cccc(C)c1)C(=O)CCCN(c1cccc(C)c1)S(C)(=O)=O. The van der Waals surface area contributed by atoms with Crippen molar-refractivity contribution in [3.63, 3.8) is 0 Å². The standard InChI is InChI=1S/C28H41N3O4S/c1-8-25(27(33)29-28(4,5)6)30(20-23-14-9-12-21(2)18-23)26(32)16-11-17-31(36(7,34)35)24-15-10-13-22(3)19-24/h9-10,12-15,18-19,25H,8,11,16-17,20H2,1-7H3,(H,29,33). The second-order valence-corrected chi connectivity index (χ2v) is 12.4. The van der Waals surface area contributed by atoms with Crippen molar-refractivity contribution >= 4 is 27.5 Å². The third kappa shape index (κ3) is 8.97. The lowest BCUT2D eigenvalue weighted by Gasteiger charge is -2.33. The minimum Gasteiger partial charge on any atom is -0.350 e. The van der Waals surface area contributed by atoms with Crippen LogP contribution < -0.4 is 9.62 Å². The second-order valence-electron chi connectivity index (χ2n) is 10.5. The van der Waals surface area contributed by atoms with Crippen LogP contribution in [0.1, 0.15) is 63.6 Å². The van der Waals surface area contributed by atoms with Gasteiger partial charge in [0.2, 0.25) is 21.8 Å². The van der Waals surface area contributed by atoms with Crippen molar-refractivity contribution in [1.29, 1.82) is 0 Å². The molecule has 1 unspecified atom stereocenters. The third-order valence-electron chi connectivity index (χ3n) is 5.76. The molecule has 7 nitrogen and oxygen atoms in total. The van der Waals surface area contributed by atoms with Crippen LogP contribution >= 0.6 is 0 Å². The Morgan fingerprint density at radius 1 is 1.00 bits per heavy atom. The molecule has 1 atom stereocenters. The first-order valence-corrected chi connectivity index (χ1v) is 14.3. The molecular formula is C28H41N3O4S. The fourth-order valence-corrected chi connectivity index (χ4v) is 5.12. The number of nitrogens with one attached hydrogen (secondary N) is 1. The summed E-state index contributed by atoms with van der Waals surface area (Å²) in [4.78, 5) is 28.3. The summed E-state index contributed by atoms with van der Waals surface area (Å²) < 4.78 is 26.3. The van der Waals surface area contributed by atoms with Crippen molar-refractivity contribution in [3.8, 4) is 0 Å². The van der Waals surface area contributed by atoms with Crippen molar-refractivity contribution < 1.29 is 18.0 Å². The van der Waals surface area contributed by atoms with Crippen LogP contribution in [0.2, 0.25) is 0 Å². The van der Waals surface area contributed by atoms with Gasteiger partial charge in [-0.1, -0.05) is 48.9 Å². The molecule has 0 aliphatic rings. The van der Waals surface area contributed by atoms with Crippen LogP contribution in [0.3, 0.4) is 0 Å². The smallest absolute Gasteiger partial charge is 0.243 e. The van der Waals surface area contributed by atoms with Crippen LogP contribution in [0.15, 0.2) is 48.5 Å². The molecule has 0 bridgehead atoms. The van der Waals surface area contributed by atoms with Gasteiger partial charge in [0, 0.05) is 25.0 Å². The molecule has 2 aromatic rings. The van der Waals surface area contributed by atoms with Gasteiger partial charge in [0.05, 0.1) is 11.9 Å². The first-order chi connectivity index (χ1) is 16.7. The van der Waals surface area contributed by atoms with E-state index in [4.69, 9.17) is 0 Å². The Balaban J connectivity index is 2.24. The maximum atomic E-state index is 13.5. The summed E-state index contributed by atoms with van der Waals surface area (Å²) >= 11 is 0. The van der Waals surface area contributed by atoms with Gasteiger partial charge in [-0.15, -0.1) is 0 Å². The Labute approximate surface area is 216 Å². The molecule has 0 saturated heterocycles. The molecule has 2 aromatic carbocycles. The summed E-state index contributed by atoms with van der Waals surface area (Å²) in [6.45, 7) is 12.0. The number of amides is 2. The number of anilines is 1. The normalized spacial score (nSPS) is 12.6. The van der Waals surface area contributed by atoms with Crippen molar-refractivity contribution in [2.45, 2.75) is 78.9 Å². The quantitative estimate of drug-likeness (QED) is 0.475. The van der Waals surface area contributed by atoms with E-state index in [2.05, 4.69) is 5.32 Å². The molecule has 0 heterocycles. The summed E-state index contributed by atoms with van der Waals surface area (Å²) in [5.74, 6) is -0.367. The van der Waals surface area contributed by atoms with Crippen molar-refractivity contribution in [3.05, 3.63) is 65.2 Å². The maximum Gasteiger partial charge on any atom is 0.243 e. The van der Waals surface area contributed by atoms with E-state index in [1.807, 2.05) is 84.0 Å². The molecular weight excluding hydrogens is 474 g/mol.